The van der Waals surface area contributed by atoms with E-state index in [1.807, 2.05) is 4.90 Å². The van der Waals surface area contributed by atoms with Crippen LogP contribution in [-0.2, 0) is 4.79 Å². The van der Waals surface area contributed by atoms with Crippen molar-refractivity contribution >= 4 is 5.91 Å². The number of carbonyl (C=O) groups excluding carboxylic acids is 1. The summed E-state index contributed by atoms with van der Waals surface area (Å²) in [6, 6.07) is 0.536. The van der Waals surface area contributed by atoms with E-state index in [0.717, 1.165) is 26.2 Å². The lowest BCUT2D eigenvalue weighted by Gasteiger charge is -2.25. The van der Waals surface area contributed by atoms with E-state index >= 15 is 0 Å². The summed E-state index contributed by atoms with van der Waals surface area (Å²) in [6.45, 7) is 5.25. The van der Waals surface area contributed by atoms with Crippen LogP contribution in [0.1, 0.15) is 39.0 Å². The Labute approximate surface area is 98.6 Å². The number of rotatable bonds is 0. The number of amides is 1. The van der Waals surface area contributed by atoms with Gasteiger partial charge in [-0.3, -0.25) is 4.79 Å². The van der Waals surface area contributed by atoms with E-state index in [2.05, 4.69) is 5.32 Å². The number of hydrogen-bond acceptors (Lipinski definition) is 3. The maximum absolute atomic E-state index is 10.7. The summed E-state index contributed by atoms with van der Waals surface area (Å²) in [5.74, 6) is 0.191. The van der Waals surface area contributed by atoms with Gasteiger partial charge in [-0.25, -0.2) is 0 Å². The quantitative estimate of drug-likeness (QED) is 0.641. The third-order valence-electron chi connectivity index (χ3n) is 3.21. The number of nitrogens with one attached hydrogen (secondary N) is 1. The average Bonchev–Trinajstić information content (AvgIpc) is 2.32. The molecule has 1 aliphatic heterocycles. The third kappa shape index (κ3) is 5.47. The lowest BCUT2D eigenvalue weighted by molar-refractivity contribution is -0.129. The van der Waals surface area contributed by atoms with Crippen LogP contribution in [-0.4, -0.2) is 43.0 Å². The minimum Gasteiger partial charge on any atom is -0.340 e. The van der Waals surface area contributed by atoms with Gasteiger partial charge in [0, 0.05) is 39.1 Å². The van der Waals surface area contributed by atoms with E-state index in [1.54, 1.807) is 6.92 Å². The Bertz CT molecular complexity index is 196. The second-order valence-electron chi connectivity index (χ2n) is 4.65. The van der Waals surface area contributed by atoms with Crippen LogP contribution in [0.2, 0.25) is 0 Å². The molecule has 0 atom stereocenters. The van der Waals surface area contributed by atoms with Crippen LogP contribution >= 0.6 is 0 Å². The molecule has 1 heterocycles. The standard InChI is InChI=1S/C6H12N2O.C6H13N/c1-6(9)8-4-2-7-3-5-8;7-6-4-2-1-3-5-6/h7H,2-5H2,1H3;6H,1-5,7H2. The monoisotopic (exact) mass is 227 g/mol. The van der Waals surface area contributed by atoms with Gasteiger partial charge in [0.05, 0.1) is 0 Å². The lowest BCUT2D eigenvalue weighted by Crippen LogP contribution is -2.45. The summed E-state index contributed by atoms with van der Waals surface area (Å²) in [5, 5.41) is 3.18. The van der Waals surface area contributed by atoms with E-state index in [4.69, 9.17) is 5.73 Å². The zero-order valence-electron chi connectivity index (χ0n) is 10.4. The molecular formula is C12H25N3O. The van der Waals surface area contributed by atoms with Gasteiger partial charge in [0.25, 0.3) is 0 Å². The molecule has 2 aliphatic rings. The van der Waals surface area contributed by atoms with Crippen LogP contribution < -0.4 is 11.1 Å². The molecule has 1 saturated carbocycles. The molecule has 0 unspecified atom stereocenters. The summed E-state index contributed by atoms with van der Waals surface area (Å²) in [7, 11) is 0. The smallest absolute Gasteiger partial charge is 0.219 e. The first-order chi connectivity index (χ1) is 7.70. The van der Waals surface area contributed by atoms with E-state index in [-0.39, 0.29) is 5.91 Å². The number of carbonyl (C=O) groups is 1. The van der Waals surface area contributed by atoms with Gasteiger partial charge >= 0.3 is 0 Å². The fraction of sp³-hybridized carbons (Fsp3) is 0.917. The number of piperazine rings is 1. The molecular weight excluding hydrogens is 202 g/mol. The Hall–Kier alpha value is -0.610. The SMILES string of the molecule is CC(=O)N1CCNCC1.NC1CCCCC1. The van der Waals surface area contributed by atoms with Crippen molar-refractivity contribution < 1.29 is 4.79 Å². The first-order valence-electron chi connectivity index (χ1n) is 6.42. The van der Waals surface area contributed by atoms with Crippen molar-refractivity contribution in [2.45, 2.75) is 45.1 Å². The average molecular weight is 227 g/mol. The Morgan fingerprint density at radius 1 is 1.19 bits per heavy atom. The molecule has 16 heavy (non-hydrogen) atoms. The molecule has 1 saturated heterocycles. The molecule has 0 aromatic heterocycles. The number of nitrogens with two attached hydrogens (primary N) is 1. The van der Waals surface area contributed by atoms with Gasteiger partial charge in [-0.1, -0.05) is 19.3 Å². The van der Waals surface area contributed by atoms with Crippen LogP contribution in [0, 0.1) is 0 Å². The summed E-state index contributed by atoms with van der Waals surface area (Å²) in [4.78, 5) is 12.6. The lowest BCUT2D eigenvalue weighted by atomic mass is 9.97. The zero-order valence-corrected chi connectivity index (χ0v) is 10.4. The predicted molar refractivity (Wildman–Crippen MR) is 66.2 cm³/mol. The summed E-state index contributed by atoms with van der Waals surface area (Å²) < 4.78 is 0. The fourth-order valence-electron chi connectivity index (χ4n) is 2.11. The Balaban J connectivity index is 0.000000165. The van der Waals surface area contributed by atoms with Gasteiger partial charge in [-0.15, -0.1) is 0 Å². The van der Waals surface area contributed by atoms with Gasteiger partial charge in [0.15, 0.2) is 0 Å². The van der Waals surface area contributed by atoms with Gasteiger partial charge in [0.1, 0.15) is 0 Å². The Morgan fingerprint density at radius 3 is 2.06 bits per heavy atom. The molecule has 1 amide bonds. The fourth-order valence-corrected chi connectivity index (χ4v) is 2.11. The van der Waals surface area contributed by atoms with E-state index < -0.39 is 0 Å². The Morgan fingerprint density at radius 2 is 1.75 bits per heavy atom. The predicted octanol–water partition coefficient (Wildman–Crippen LogP) is 0.716. The second-order valence-corrected chi connectivity index (χ2v) is 4.65. The summed E-state index contributed by atoms with van der Waals surface area (Å²) in [5.41, 5.74) is 5.63. The van der Waals surface area contributed by atoms with Crippen molar-refractivity contribution in [1.29, 1.82) is 0 Å². The van der Waals surface area contributed by atoms with Gasteiger partial charge in [0.2, 0.25) is 5.91 Å². The number of nitrogens with zero attached hydrogens (tertiary/aromatic N) is 1. The molecule has 0 bridgehead atoms. The highest BCUT2D eigenvalue weighted by atomic mass is 16.2. The molecule has 1 aliphatic carbocycles. The minimum atomic E-state index is 0.191. The molecule has 0 aromatic carbocycles. The van der Waals surface area contributed by atoms with Crippen LogP contribution in [0.15, 0.2) is 0 Å². The minimum absolute atomic E-state index is 0.191. The van der Waals surface area contributed by atoms with Gasteiger partial charge in [-0.2, -0.15) is 0 Å². The molecule has 0 spiro atoms. The highest BCUT2D eigenvalue weighted by Crippen LogP contribution is 2.14. The largest absolute Gasteiger partial charge is 0.340 e. The summed E-state index contributed by atoms with van der Waals surface area (Å²) in [6.07, 6.45) is 6.66. The topological polar surface area (TPSA) is 58.4 Å². The highest BCUT2D eigenvalue weighted by molar-refractivity contribution is 5.73. The highest BCUT2D eigenvalue weighted by Gasteiger charge is 2.10. The molecule has 94 valence electrons. The molecule has 3 N–H and O–H groups in total. The first-order valence-corrected chi connectivity index (χ1v) is 6.42. The van der Waals surface area contributed by atoms with E-state index in [0.29, 0.717) is 6.04 Å². The van der Waals surface area contributed by atoms with Crippen molar-refractivity contribution in [3.05, 3.63) is 0 Å². The number of hydrogen-bond donors (Lipinski definition) is 2. The molecule has 0 radical (unpaired) electrons. The van der Waals surface area contributed by atoms with Crippen molar-refractivity contribution in [2.75, 3.05) is 26.2 Å². The van der Waals surface area contributed by atoms with Crippen molar-refractivity contribution in [2.24, 2.45) is 5.73 Å². The zero-order chi connectivity index (χ0) is 11.8. The maximum Gasteiger partial charge on any atom is 0.219 e. The van der Waals surface area contributed by atoms with Crippen molar-refractivity contribution in [3.8, 4) is 0 Å². The molecule has 4 nitrogen and oxygen atoms in total. The molecule has 2 fully saturated rings. The van der Waals surface area contributed by atoms with Crippen molar-refractivity contribution in [3.63, 3.8) is 0 Å². The van der Waals surface area contributed by atoms with E-state index in [1.165, 1.54) is 32.1 Å². The second kappa shape index (κ2) is 7.63. The van der Waals surface area contributed by atoms with Crippen LogP contribution in [0.4, 0.5) is 0 Å². The molecule has 2 rings (SSSR count). The Kier molecular flexibility index (Phi) is 6.42. The summed E-state index contributed by atoms with van der Waals surface area (Å²) >= 11 is 0. The van der Waals surface area contributed by atoms with Crippen LogP contribution in [0.3, 0.4) is 0 Å². The maximum atomic E-state index is 10.7. The van der Waals surface area contributed by atoms with E-state index in [9.17, 15) is 4.79 Å². The third-order valence-corrected chi connectivity index (χ3v) is 3.21. The van der Waals surface area contributed by atoms with Gasteiger partial charge < -0.3 is 16.0 Å². The van der Waals surface area contributed by atoms with Gasteiger partial charge in [-0.05, 0) is 12.8 Å². The normalized spacial score (nSPS) is 22.2. The molecule has 0 aromatic rings. The molecule has 4 heteroatoms. The van der Waals surface area contributed by atoms with Crippen LogP contribution in [0.5, 0.6) is 0 Å². The van der Waals surface area contributed by atoms with Crippen LogP contribution in [0.25, 0.3) is 0 Å². The first kappa shape index (κ1) is 13.5. The van der Waals surface area contributed by atoms with Crippen molar-refractivity contribution in [1.82, 2.24) is 10.2 Å².